The molecule has 1 saturated carbocycles. The lowest BCUT2D eigenvalue weighted by atomic mass is 10.2. The van der Waals surface area contributed by atoms with Gasteiger partial charge in [-0.25, -0.2) is 4.98 Å². The number of carbonyl (C=O) groups is 1. The number of hydrogen-bond acceptors (Lipinski definition) is 7. The van der Waals surface area contributed by atoms with E-state index in [9.17, 15) is 18.0 Å². The molecule has 0 atom stereocenters. The molecule has 0 aromatic carbocycles. The van der Waals surface area contributed by atoms with Gasteiger partial charge in [-0.2, -0.15) is 22.7 Å². The smallest absolute Gasteiger partial charge is 0.367 e. The number of fused-ring (bicyclic) bond motifs is 1. The fraction of sp³-hybridized carbons (Fsp3) is 0.400. The van der Waals surface area contributed by atoms with Gasteiger partial charge in [-0.05, 0) is 37.1 Å². The highest BCUT2D eigenvalue weighted by Crippen LogP contribution is 2.33. The van der Waals surface area contributed by atoms with E-state index in [1.54, 1.807) is 18.3 Å². The van der Waals surface area contributed by atoms with Crippen molar-refractivity contribution in [2.45, 2.75) is 25.1 Å². The fourth-order valence-electron chi connectivity index (χ4n) is 3.61. The molecule has 1 aliphatic heterocycles. The first-order chi connectivity index (χ1) is 15.4. The predicted molar refractivity (Wildman–Crippen MR) is 112 cm³/mol. The van der Waals surface area contributed by atoms with Crippen molar-refractivity contribution in [3.63, 3.8) is 0 Å². The quantitative estimate of drug-likeness (QED) is 0.553. The molecule has 0 bridgehead atoms. The fourth-order valence-corrected chi connectivity index (χ4v) is 3.61. The van der Waals surface area contributed by atoms with Gasteiger partial charge in [0.25, 0.3) is 5.91 Å². The lowest BCUT2D eigenvalue weighted by molar-refractivity contribution is -0.137. The highest BCUT2D eigenvalue weighted by molar-refractivity contribution is 6.06. The second-order valence-electron chi connectivity index (χ2n) is 7.82. The minimum atomic E-state index is -4.52. The molecule has 2 fully saturated rings. The monoisotopic (exact) mass is 446 g/mol. The van der Waals surface area contributed by atoms with Crippen molar-refractivity contribution in [1.29, 1.82) is 0 Å². The Morgan fingerprint density at radius 1 is 1.19 bits per heavy atom. The summed E-state index contributed by atoms with van der Waals surface area (Å²) in [5.74, 6) is 0.178. The highest BCUT2D eigenvalue weighted by atomic mass is 19.4. The van der Waals surface area contributed by atoms with Crippen LogP contribution in [0.3, 0.4) is 0 Å². The molecule has 1 aliphatic carbocycles. The largest absolute Gasteiger partial charge is 0.416 e. The Morgan fingerprint density at radius 3 is 2.69 bits per heavy atom. The van der Waals surface area contributed by atoms with Crippen molar-refractivity contribution in [2.75, 3.05) is 41.7 Å². The van der Waals surface area contributed by atoms with Crippen molar-refractivity contribution in [3.8, 4) is 0 Å². The van der Waals surface area contributed by atoms with E-state index in [0.717, 1.165) is 38.1 Å². The molecule has 2 aliphatic rings. The minimum Gasteiger partial charge on any atom is -0.367 e. The molecule has 3 N–H and O–H groups in total. The number of piperazine rings is 1. The summed E-state index contributed by atoms with van der Waals surface area (Å²) in [6.07, 6.45) is -1.14. The molecule has 1 amide bonds. The summed E-state index contributed by atoms with van der Waals surface area (Å²) in [5, 5.41) is 13.1. The van der Waals surface area contributed by atoms with Crippen LogP contribution in [0.1, 0.15) is 28.8 Å². The van der Waals surface area contributed by atoms with Crippen molar-refractivity contribution in [3.05, 3.63) is 41.6 Å². The van der Waals surface area contributed by atoms with E-state index in [4.69, 9.17) is 0 Å². The summed E-state index contributed by atoms with van der Waals surface area (Å²) in [5.41, 5.74) is -0.487. The van der Waals surface area contributed by atoms with Crippen molar-refractivity contribution in [1.82, 2.24) is 24.9 Å². The van der Waals surface area contributed by atoms with E-state index in [0.29, 0.717) is 24.5 Å². The summed E-state index contributed by atoms with van der Waals surface area (Å²) in [4.78, 5) is 23.5. The van der Waals surface area contributed by atoms with Gasteiger partial charge in [-0.3, -0.25) is 10.1 Å². The van der Waals surface area contributed by atoms with Gasteiger partial charge in [0.2, 0.25) is 5.95 Å². The average molecular weight is 446 g/mol. The van der Waals surface area contributed by atoms with Crippen molar-refractivity contribution < 1.29 is 18.0 Å². The molecule has 0 unspecified atom stereocenters. The Hall–Kier alpha value is -3.41. The number of nitrogens with zero attached hydrogens (tertiary/aromatic N) is 5. The minimum absolute atomic E-state index is 0.00760. The molecule has 12 heteroatoms. The number of hydrogen-bond donors (Lipinski definition) is 3. The van der Waals surface area contributed by atoms with Crippen LogP contribution >= 0.6 is 0 Å². The molecule has 3 aromatic heterocycles. The van der Waals surface area contributed by atoms with Crippen LogP contribution in [0, 0.1) is 0 Å². The zero-order chi connectivity index (χ0) is 22.3. The van der Waals surface area contributed by atoms with Crippen molar-refractivity contribution in [2.24, 2.45) is 0 Å². The van der Waals surface area contributed by atoms with Gasteiger partial charge in [0.1, 0.15) is 11.6 Å². The maximum atomic E-state index is 13.3. The van der Waals surface area contributed by atoms with Crippen LogP contribution in [0.4, 0.5) is 30.8 Å². The van der Waals surface area contributed by atoms with Crippen LogP contribution in [0.2, 0.25) is 0 Å². The number of nitrogens with one attached hydrogen (secondary N) is 3. The van der Waals surface area contributed by atoms with Gasteiger partial charge >= 0.3 is 6.18 Å². The second kappa shape index (κ2) is 7.93. The van der Waals surface area contributed by atoms with E-state index in [-0.39, 0.29) is 23.5 Å². The van der Waals surface area contributed by atoms with Gasteiger partial charge in [0.05, 0.1) is 11.1 Å². The summed E-state index contributed by atoms with van der Waals surface area (Å²) in [6.45, 7) is 2.98. The van der Waals surface area contributed by atoms with E-state index >= 15 is 0 Å². The van der Waals surface area contributed by atoms with Crippen LogP contribution < -0.4 is 20.9 Å². The van der Waals surface area contributed by atoms with Gasteiger partial charge in [-0.15, -0.1) is 5.10 Å². The third-order valence-electron chi connectivity index (χ3n) is 5.37. The van der Waals surface area contributed by atoms with Crippen molar-refractivity contribution >= 4 is 29.1 Å². The molecule has 32 heavy (non-hydrogen) atoms. The summed E-state index contributed by atoms with van der Waals surface area (Å²) in [6, 6.07) is 5.34. The standard InChI is InChI=1S/C20H21F3N8O/c21-20(22,23)12-10-15(26-13-3-4-13)31-16(11-12)27-19(29-31)28-18(32)14-2-1-5-25-17(14)30-8-6-24-7-9-30/h1-2,5,10-11,13,24,26H,3-4,6-9H2,(H,28,29,32). The van der Waals surface area contributed by atoms with Crippen LogP contribution in [-0.4, -0.2) is 57.7 Å². The van der Waals surface area contributed by atoms with Gasteiger partial charge in [0.15, 0.2) is 5.65 Å². The Morgan fingerprint density at radius 2 is 1.97 bits per heavy atom. The molecule has 0 radical (unpaired) electrons. The van der Waals surface area contributed by atoms with Crippen LogP contribution in [0.15, 0.2) is 30.5 Å². The molecule has 168 valence electrons. The SMILES string of the molecule is O=C(Nc1nc2cc(C(F)(F)F)cc(NC3CC3)n2n1)c1cccnc1N1CCNCC1. The van der Waals surface area contributed by atoms with Gasteiger partial charge < -0.3 is 15.5 Å². The Kier molecular flexibility index (Phi) is 5.08. The molecular weight excluding hydrogens is 425 g/mol. The molecule has 0 spiro atoms. The highest BCUT2D eigenvalue weighted by Gasteiger charge is 2.33. The number of aromatic nitrogens is 4. The first-order valence-corrected chi connectivity index (χ1v) is 10.3. The third kappa shape index (κ3) is 4.17. The van der Waals surface area contributed by atoms with Gasteiger partial charge in [-0.1, -0.05) is 0 Å². The average Bonchev–Trinajstić information content (AvgIpc) is 3.50. The number of alkyl halides is 3. The first-order valence-electron chi connectivity index (χ1n) is 10.3. The van der Waals surface area contributed by atoms with E-state index in [2.05, 4.69) is 31.0 Å². The molecule has 4 heterocycles. The summed E-state index contributed by atoms with van der Waals surface area (Å²) >= 11 is 0. The van der Waals surface area contributed by atoms with E-state index < -0.39 is 17.6 Å². The topological polar surface area (TPSA) is 99.5 Å². The Balaban J connectivity index is 1.45. The molecule has 1 saturated heterocycles. The maximum Gasteiger partial charge on any atom is 0.416 e. The number of pyridine rings is 2. The van der Waals surface area contributed by atoms with E-state index in [1.165, 1.54) is 4.52 Å². The Bertz CT molecular complexity index is 1150. The first kappa shape index (κ1) is 20.5. The lowest BCUT2D eigenvalue weighted by Crippen LogP contribution is -2.44. The number of carbonyl (C=O) groups excluding carboxylic acids is 1. The molecular formula is C20H21F3N8O. The van der Waals surface area contributed by atoms with Crippen LogP contribution in [0.25, 0.3) is 5.65 Å². The summed E-state index contributed by atoms with van der Waals surface area (Å²) in [7, 11) is 0. The van der Waals surface area contributed by atoms with Crippen LogP contribution in [0.5, 0.6) is 0 Å². The zero-order valence-electron chi connectivity index (χ0n) is 17.0. The second-order valence-corrected chi connectivity index (χ2v) is 7.82. The molecule has 9 nitrogen and oxygen atoms in total. The zero-order valence-corrected chi connectivity index (χ0v) is 17.0. The van der Waals surface area contributed by atoms with Crippen LogP contribution in [-0.2, 0) is 6.18 Å². The maximum absolute atomic E-state index is 13.3. The number of halogens is 3. The molecule has 5 rings (SSSR count). The number of anilines is 3. The normalized spacial score (nSPS) is 16.9. The number of amides is 1. The predicted octanol–water partition coefficient (Wildman–Crippen LogP) is 2.38. The number of rotatable bonds is 5. The van der Waals surface area contributed by atoms with Gasteiger partial charge in [0, 0.05) is 38.4 Å². The Labute approximate surface area is 181 Å². The lowest BCUT2D eigenvalue weighted by Gasteiger charge is -2.29. The summed E-state index contributed by atoms with van der Waals surface area (Å²) < 4.78 is 41.3. The van der Waals surface area contributed by atoms with E-state index in [1.807, 2.05) is 4.90 Å². The molecule has 3 aromatic rings. The third-order valence-corrected chi connectivity index (χ3v) is 5.37.